The van der Waals surface area contributed by atoms with Crippen molar-refractivity contribution in [2.75, 3.05) is 11.4 Å². The van der Waals surface area contributed by atoms with E-state index in [9.17, 15) is 14.4 Å². The molecule has 2 N–H and O–H groups in total. The number of furan rings is 1. The maximum atomic E-state index is 12.5. The van der Waals surface area contributed by atoms with E-state index >= 15 is 0 Å². The Morgan fingerprint density at radius 3 is 2.62 bits per heavy atom. The van der Waals surface area contributed by atoms with Crippen LogP contribution in [0.3, 0.4) is 0 Å². The fourth-order valence-electron chi connectivity index (χ4n) is 2.90. The average molecular weight is 377 g/mol. The van der Waals surface area contributed by atoms with Gasteiger partial charge in [-0.2, -0.15) is 0 Å². The van der Waals surface area contributed by atoms with Crippen LogP contribution in [0.5, 0.6) is 0 Å². The lowest BCUT2D eigenvalue weighted by Gasteiger charge is -2.17. The summed E-state index contributed by atoms with van der Waals surface area (Å²) in [6.45, 7) is 2.20. The Hall–Kier alpha value is -2.80. The summed E-state index contributed by atoms with van der Waals surface area (Å²) in [5.74, 6) is -1.89. The number of nitrogens with zero attached hydrogens (tertiary/aromatic N) is 1. The molecule has 1 aromatic carbocycles. The molecule has 1 unspecified atom stereocenters. The van der Waals surface area contributed by atoms with Crippen LogP contribution < -0.4 is 10.2 Å². The van der Waals surface area contributed by atoms with Gasteiger partial charge in [-0.3, -0.25) is 9.59 Å². The van der Waals surface area contributed by atoms with Crippen LogP contribution in [0.25, 0.3) is 0 Å². The first-order valence-electron chi connectivity index (χ1n) is 8.14. The molecular weight excluding hydrogens is 360 g/mol. The number of aryl methyl sites for hydroxylation is 1. The monoisotopic (exact) mass is 376 g/mol. The topological polar surface area (TPSA) is 99.9 Å². The second-order valence-corrected chi connectivity index (χ2v) is 6.32. The molecule has 1 aromatic heterocycles. The molecule has 136 valence electrons. The highest BCUT2D eigenvalue weighted by Gasteiger charge is 2.34. The number of carboxylic acid groups (broad SMARTS) is 1. The van der Waals surface area contributed by atoms with Gasteiger partial charge in [0.15, 0.2) is 5.76 Å². The maximum Gasteiger partial charge on any atom is 0.339 e. The molecule has 1 aliphatic rings. The van der Waals surface area contributed by atoms with Crippen LogP contribution >= 0.6 is 11.6 Å². The van der Waals surface area contributed by atoms with Crippen molar-refractivity contribution >= 4 is 35.1 Å². The lowest BCUT2D eigenvalue weighted by Crippen LogP contribution is -2.41. The van der Waals surface area contributed by atoms with Gasteiger partial charge in [-0.05, 0) is 30.7 Å². The summed E-state index contributed by atoms with van der Waals surface area (Å²) in [5, 5.41) is 12.3. The predicted molar refractivity (Wildman–Crippen MR) is 94.7 cm³/mol. The molecule has 2 amide bonds. The summed E-state index contributed by atoms with van der Waals surface area (Å²) < 4.78 is 5.32. The van der Waals surface area contributed by atoms with Crippen molar-refractivity contribution in [1.29, 1.82) is 0 Å². The summed E-state index contributed by atoms with van der Waals surface area (Å²) in [6, 6.07) is 7.36. The van der Waals surface area contributed by atoms with E-state index < -0.39 is 17.9 Å². The van der Waals surface area contributed by atoms with Gasteiger partial charge in [-0.1, -0.05) is 18.5 Å². The van der Waals surface area contributed by atoms with Crippen LogP contribution in [0.1, 0.15) is 40.0 Å². The number of hydrogen-bond acceptors (Lipinski definition) is 4. The number of amides is 2. The van der Waals surface area contributed by atoms with Gasteiger partial charge in [-0.25, -0.2) is 4.79 Å². The van der Waals surface area contributed by atoms with Crippen LogP contribution in [-0.4, -0.2) is 35.5 Å². The van der Waals surface area contributed by atoms with Gasteiger partial charge in [0, 0.05) is 29.7 Å². The fraction of sp³-hybridized carbons (Fsp3) is 0.278. The molecule has 3 rings (SSSR count). The maximum absolute atomic E-state index is 12.5. The Morgan fingerprint density at radius 2 is 2.04 bits per heavy atom. The highest BCUT2D eigenvalue weighted by Crippen LogP contribution is 2.24. The van der Waals surface area contributed by atoms with Crippen LogP contribution in [0.2, 0.25) is 5.02 Å². The number of halogens is 1. The largest absolute Gasteiger partial charge is 0.478 e. The predicted octanol–water partition coefficient (Wildman–Crippen LogP) is 2.73. The zero-order chi connectivity index (χ0) is 18.8. The highest BCUT2D eigenvalue weighted by atomic mass is 35.5. The Kier molecular flexibility index (Phi) is 4.99. The molecule has 0 radical (unpaired) electrons. The molecule has 0 saturated carbocycles. The fourth-order valence-corrected chi connectivity index (χ4v) is 3.03. The van der Waals surface area contributed by atoms with Crippen LogP contribution in [0.15, 0.2) is 34.7 Å². The van der Waals surface area contributed by atoms with Crippen molar-refractivity contribution in [2.24, 2.45) is 0 Å². The van der Waals surface area contributed by atoms with Gasteiger partial charge in [0.25, 0.3) is 5.91 Å². The molecule has 0 aliphatic carbocycles. The van der Waals surface area contributed by atoms with Crippen molar-refractivity contribution in [2.45, 2.75) is 25.8 Å². The normalized spacial score (nSPS) is 16.8. The molecule has 1 aliphatic heterocycles. The molecule has 0 bridgehead atoms. The van der Waals surface area contributed by atoms with Gasteiger partial charge < -0.3 is 19.7 Å². The summed E-state index contributed by atoms with van der Waals surface area (Å²) in [4.78, 5) is 37.6. The lowest BCUT2D eigenvalue weighted by molar-refractivity contribution is -0.118. The Balaban J connectivity index is 1.71. The molecule has 1 atom stereocenters. The van der Waals surface area contributed by atoms with Crippen LogP contribution in [0.4, 0.5) is 5.69 Å². The Bertz CT molecular complexity index is 859. The van der Waals surface area contributed by atoms with Crippen LogP contribution in [-0.2, 0) is 11.2 Å². The van der Waals surface area contributed by atoms with E-state index in [1.807, 2.05) is 0 Å². The minimum atomic E-state index is -1.16. The highest BCUT2D eigenvalue weighted by molar-refractivity contribution is 6.30. The van der Waals surface area contributed by atoms with E-state index in [2.05, 4.69) is 5.32 Å². The molecule has 1 saturated heterocycles. The van der Waals surface area contributed by atoms with E-state index in [-0.39, 0.29) is 23.0 Å². The zero-order valence-corrected chi connectivity index (χ0v) is 14.7. The third-order valence-corrected chi connectivity index (χ3v) is 4.49. The van der Waals surface area contributed by atoms with Gasteiger partial charge in [0.1, 0.15) is 17.4 Å². The molecule has 2 aromatic rings. The van der Waals surface area contributed by atoms with Gasteiger partial charge in [0.2, 0.25) is 5.91 Å². The number of benzene rings is 1. The number of rotatable bonds is 5. The number of carbonyl (C=O) groups is 3. The van der Waals surface area contributed by atoms with Crippen LogP contribution in [0, 0.1) is 0 Å². The van der Waals surface area contributed by atoms with E-state index in [1.165, 1.54) is 6.07 Å². The number of carbonyl (C=O) groups excluding carboxylic acids is 2. The second-order valence-electron chi connectivity index (χ2n) is 5.89. The molecular formula is C18H17ClN2O5. The van der Waals surface area contributed by atoms with Crippen molar-refractivity contribution < 1.29 is 23.9 Å². The molecule has 1 fully saturated rings. The van der Waals surface area contributed by atoms with E-state index in [0.717, 1.165) is 0 Å². The molecule has 8 heteroatoms. The average Bonchev–Trinajstić information content (AvgIpc) is 3.20. The van der Waals surface area contributed by atoms with E-state index in [4.69, 9.17) is 21.1 Å². The molecule has 0 spiro atoms. The standard InChI is InChI=1S/C18H17ClN2O5/c1-2-14-12(18(24)25)9-15(26-14)16(22)20-13-7-8-21(17(13)23)11-5-3-10(19)4-6-11/h3-6,9,13H,2,7-8H2,1H3,(H,20,22)(H,24,25). The van der Waals surface area contributed by atoms with Gasteiger partial charge in [-0.15, -0.1) is 0 Å². The Labute approximate surface area is 154 Å². The number of hydrogen-bond donors (Lipinski definition) is 2. The minimum absolute atomic E-state index is 0.0433. The number of carboxylic acids is 1. The minimum Gasteiger partial charge on any atom is -0.478 e. The summed E-state index contributed by atoms with van der Waals surface area (Å²) in [5.41, 5.74) is 0.661. The lowest BCUT2D eigenvalue weighted by atomic mass is 10.2. The summed E-state index contributed by atoms with van der Waals surface area (Å²) >= 11 is 5.86. The first-order chi connectivity index (χ1) is 12.4. The Morgan fingerprint density at radius 1 is 1.35 bits per heavy atom. The van der Waals surface area contributed by atoms with Crippen molar-refractivity contribution in [3.05, 3.63) is 52.4 Å². The van der Waals surface area contributed by atoms with Gasteiger partial charge >= 0.3 is 5.97 Å². The summed E-state index contributed by atoms with van der Waals surface area (Å²) in [6.07, 6.45) is 0.794. The number of nitrogens with one attached hydrogen (secondary N) is 1. The number of anilines is 1. The summed E-state index contributed by atoms with van der Waals surface area (Å²) in [7, 11) is 0. The zero-order valence-electron chi connectivity index (χ0n) is 14.0. The molecule has 2 heterocycles. The third-order valence-electron chi connectivity index (χ3n) is 4.23. The van der Waals surface area contributed by atoms with Crippen molar-refractivity contribution in [1.82, 2.24) is 5.32 Å². The first-order valence-corrected chi connectivity index (χ1v) is 8.52. The SMILES string of the molecule is CCc1oc(C(=O)NC2CCN(c3ccc(Cl)cc3)C2=O)cc1C(=O)O. The van der Waals surface area contributed by atoms with Gasteiger partial charge in [0.05, 0.1) is 0 Å². The molecule has 26 heavy (non-hydrogen) atoms. The van der Waals surface area contributed by atoms with Crippen molar-refractivity contribution in [3.8, 4) is 0 Å². The van der Waals surface area contributed by atoms with E-state index in [1.54, 1.807) is 36.1 Å². The van der Waals surface area contributed by atoms with E-state index in [0.29, 0.717) is 30.1 Å². The second kappa shape index (κ2) is 7.21. The van der Waals surface area contributed by atoms with Crippen molar-refractivity contribution in [3.63, 3.8) is 0 Å². The quantitative estimate of drug-likeness (QED) is 0.835. The number of aromatic carboxylic acids is 1. The first kappa shape index (κ1) is 18.0. The smallest absolute Gasteiger partial charge is 0.339 e. The molecule has 7 nitrogen and oxygen atoms in total. The third kappa shape index (κ3) is 3.43.